The van der Waals surface area contributed by atoms with E-state index in [0.29, 0.717) is 16.9 Å². The third-order valence-electron chi connectivity index (χ3n) is 3.21. The number of nitrogens with zero attached hydrogens (tertiary/aromatic N) is 1. The first-order valence-corrected chi connectivity index (χ1v) is 7.80. The molecule has 4 heteroatoms. The summed E-state index contributed by atoms with van der Waals surface area (Å²) in [5, 5.41) is 0. The van der Waals surface area contributed by atoms with Gasteiger partial charge in [0.25, 0.3) is 0 Å². The second-order valence-electron chi connectivity index (χ2n) is 4.61. The normalized spacial score (nSPS) is 12.9. The molecule has 1 rings (SSSR count). The lowest BCUT2D eigenvalue weighted by Gasteiger charge is -2.27. The highest BCUT2D eigenvalue weighted by atomic mass is 35.5. The van der Waals surface area contributed by atoms with Gasteiger partial charge in [0.2, 0.25) is 0 Å². The molecule has 1 aromatic rings. The Bertz CT molecular complexity index is 378. The van der Waals surface area contributed by atoms with Gasteiger partial charge in [-0.05, 0) is 38.4 Å². The predicted octanol–water partition coefficient (Wildman–Crippen LogP) is 4.48. The summed E-state index contributed by atoms with van der Waals surface area (Å²) in [6, 6.07) is 4.07. The molecule has 1 heterocycles. The van der Waals surface area contributed by atoms with Crippen molar-refractivity contribution in [1.82, 2.24) is 4.90 Å². The quantitative estimate of drug-likeness (QED) is 0.657. The van der Waals surface area contributed by atoms with Crippen LogP contribution in [-0.4, -0.2) is 29.8 Å². The Hall–Kier alpha value is -0.380. The Morgan fingerprint density at radius 2 is 2.17 bits per heavy atom. The van der Waals surface area contributed by atoms with Crippen LogP contribution in [0, 0.1) is 0 Å². The molecule has 0 aliphatic carbocycles. The summed E-state index contributed by atoms with van der Waals surface area (Å²) in [7, 11) is 0. The van der Waals surface area contributed by atoms with Crippen LogP contribution in [0.4, 0.5) is 0 Å². The second-order valence-corrected chi connectivity index (χ2v) is 6.32. The fraction of sp³-hybridized carbons (Fsp3) is 0.643. The third-order valence-corrected chi connectivity index (χ3v) is 4.48. The van der Waals surface area contributed by atoms with Gasteiger partial charge in [-0.1, -0.05) is 31.9 Å². The zero-order valence-corrected chi connectivity index (χ0v) is 13.0. The molecule has 102 valence electrons. The predicted molar refractivity (Wildman–Crippen MR) is 79.9 cm³/mol. The highest BCUT2D eigenvalue weighted by molar-refractivity contribution is 7.18. The van der Waals surface area contributed by atoms with Crippen molar-refractivity contribution in [2.75, 3.05) is 13.1 Å². The summed E-state index contributed by atoms with van der Waals surface area (Å²) in [5.41, 5.74) is 0. The largest absolute Gasteiger partial charge is 0.293 e. The summed E-state index contributed by atoms with van der Waals surface area (Å²) in [6.07, 6.45) is 3.37. The van der Waals surface area contributed by atoms with E-state index in [1.54, 1.807) is 6.07 Å². The number of thiophene rings is 1. The number of carbonyl (C=O) groups is 1. The van der Waals surface area contributed by atoms with Gasteiger partial charge in [0.1, 0.15) is 0 Å². The van der Waals surface area contributed by atoms with E-state index in [1.807, 2.05) is 6.07 Å². The summed E-state index contributed by atoms with van der Waals surface area (Å²) in [6.45, 7) is 8.03. The molecule has 0 fully saturated rings. The van der Waals surface area contributed by atoms with Gasteiger partial charge in [0.15, 0.2) is 5.78 Å². The Balaban J connectivity index is 2.61. The summed E-state index contributed by atoms with van der Waals surface area (Å²) in [4.78, 5) is 15.2. The van der Waals surface area contributed by atoms with Crippen LogP contribution in [0.2, 0.25) is 4.34 Å². The van der Waals surface area contributed by atoms with Crippen LogP contribution in [0.25, 0.3) is 0 Å². The number of halogens is 1. The maximum absolute atomic E-state index is 12.2. The second kappa shape index (κ2) is 7.93. The maximum atomic E-state index is 12.2. The first kappa shape index (κ1) is 15.7. The number of Topliss-reactive ketones (excluding diaryl/α,β-unsaturated/α-hetero) is 1. The van der Waals surface area contributed by atoms with Crippen LogP contribution >= 0.6 is 22.9 Å². The smallest absolute Gasteiger partial charge is 0.186 e. The zero-order valence-electron chi connectivity index (χ0n) is 11.4. The van der Waals surface area contributed by atoms with Gasteiger partial charge in [-0.2, -0.15) is 0 Å². The zero-order chi connectivity index (χ0) is 13.5. The van der Waals surface area contributed by atoms with Crippen LogP contribution in [0.5, 0.6) is 0 Å². The molecule has 0 saturated carbocycles. The minimum absolute atomic E-state index is 0.184. The van der Waals surface area contributed by atoms with Gasteiger partial charge in [0, 0.05) is 6.04 Å². The van der Waals surface area contributed by atoms with Crippen molar-refractivity contribution in [2.45, 2.75) is 46.1 Å². The Kier molecular flexibility index (Phi) is 6.90. The first-order valence-electron chi connectivity index (χ1n) is 6.61. The molecule has 0 aromatic carbocycles. The minimum atomic E-state index is 0.184. The Morgan fingerprint density at radius 1 is 1.44 bits per heavy atom. The lowest BCUT2D eigenvalue weighted by atomic mass is 10.1. The highest BCUT2D eigenvalue weighted by Crippen LogP contribution is 2.22. The standard InChI is InChI=1S/C14H22ClNOS/c1-4-6-9-16(11(3)5-2)10-12(17)13-7-8-14(15)18-13/h7-8,11H,4-6,9-10H2,1-3H3. The molecule has 2 nitrogen and oxygen atoms in total. The molecular weight excluding hydrogens is 266 g/mol. The van der Waals surface area contributed by atoms with Crippen LogP contribution in [-0.2, 0) is 0 Å². The van der Waals surface area contributed by atoms with Crippen molar-refractivity contribution >= 4 is 28.7 Å². The molecule has 0 bridgehead atoms. The van der Waals surface area contributed by atoms with E-state index in [2.05, 4.69) is 25.7 Å². The summed E-state index contributed by atoms with van der Waals surface area (Å²) in [5.74, 6) is 0.184. The van der Waals surface area contributed by atoms with E-state index in [-0.39, 0.29) is 5.78 Å². The number of ketones is 1. The SMILES string of the molecule is CCCCN(CC(=O)c1ccc(Cl)s1)C(C)CC. The Morgan fingerprint density at radius 3 is 2.67 bits per heavy atom. The minimum Gasteiger partial charge on any atom is -0.293 e. The molecule has 0 aliphatic rings. The van der Waals surface area contributed by atoms with E-state index in [9.17, 15) is 4.79 Å². The average molecular weight is 288 g/mol. The summed E-state index contributed by atoms with van der Waals surface area (Å²) < 4.78 is 0.682. The molecule has 1 aromatic heterocycles. The van der Waals surface area contributed by atoms with E-state index < -0.39 is 0 Å². The molecule has 0 radical (unpaired) electrons. The van der Waals surface area contributed by atoms with Crippen molar-refractivity contribution in [2.24, 2.45) is 0 Å². The van der Waals surface area contributed by atoms with Gasteiger partial charge in [-0.3, -0.25) is 9.69 Å². The molecule has 0 aliphatic heterocycles. The van der Waals surface area contributed by atoms with Crippen molar-refractivity contribution in [3.8, 4) is 0 Å². The van der Waals surface area contributed by atoms with Gasteiger partial charge in [-0.25, -0.2) is 0 Å². The van der Waals surface area contributed by atoms with Crippen LogP contribution in [0.1, 0.15) is 49.7 Å². The number of rotatable bonds is 8. The number of carbonyl (C=O) groups excluding carboxylic acids is 1. The molecule has 0 amide bonds. The van der Waals surface area contributed by atoms with Crippen molar-refractivity contribution in [3.63, 3.8) is 0 Å². The van der Waals surface area contributed by atoms with Gasteiger partial charge >= 0.3 is 0 Å². The molecule has 18 heavy (non-hydrogen) atoms. The number of unbranched alkanes of at least 4 members (excludes halogenated alkanes) is 1. The first-order chi connectivity index (χ1) is 8.58. The third kappa shape index (κ3) is 4.71. The van der Waals surface area contributed by atoms with Crippen molar-refractivity contribution in [1.29, 1.82) is 0 Å². The van der Waals surface area contributed by atoms with Gasteiger partial charge in [0.05, 0.1) is 15.8 Å². The van der Waals surface area contributed by atoms with Crippen LogP contribution in [0.3, 0.4) is 0 Å². The number of hydrogen-bond acceptors (Lipinski definition) is 3. The van der Waals surface area contributed by atoms with Gasteiger partial charge in [-0.15, -0.1) is 11.3 Å². The summed E-state index contributed by atoms with van der Waals surface area (Å²) >= 11 is 7.24. The fourth-order valence-corrected chi connectivity index (χ4v) is 2.77. The maximum Gasteiger partial charge on any atom is 0.186 e. The molecule has 0 saturated heterocycles. The molecular formula is C14H22ClNOS. The van der Waals surface area contributed by atoms with E-state index in [0.717, 1.165) is 30.7 Å². The van der Waals surface area contributed by atoms with E-state index >= 15 is 0 Å². The molecule has 1 atom stereocenters. The average Bonchev–Trinajstić information content (AvgIpc) is 2.80. The monoisotopic (exact) mass is 287 g/mol. The van der Waals surface area contributed by atoms with Crippen LogP contribution < -0.4 is 0 Å². The van der Waals surface area contributed by atoms with Crippen LogP contribution in [0.15, 0.2) is 12.1 Å². The van der Waals surface area contributed by atoms with Gasteiger partial charge < -0.3 is 0 Å². The lowest BCUT2D eigenvalue weighted by molar-refractivity contribution is 0.0898. The Labute approximate surface area is 119 Å². The molecule has 0 spiro atoms. The van der Waals surface area contributed by atoms with E-state index in [4.69, 9.17) is 11.6 Å². The van der Waals surface area contributed by atoms with Crippen molar-refractivity contribution < 1.29 is 4.79 Å². The van der Waals surface area contributed by atoms with Crippen molar-refractivity contribution in [3.05, 3.63) is 21.3 Å². The van der Waals surface area contributed by atoms with E-state index in [1.165, 1.54) is 11.3 Å². The highest BCUT2D eigenvalue weighted by Gasteiger charge is 2.17. The fourth-order valence-electron chi connectivity index (χ4n) is 1.80. The molecule has 1 unspecified atom stereocenters. The lowest BCUT2D eigenvalue weighted by Crippen LogP contribution is -2.37. The topological polar surface area (TPSA) is 20.3 Å². The number of hydrogen-bond donors (Lipinski definition) is 0. The molecule has 0 N–H and O–H groups in total.